The second kappa shape index (κ2) is 5.67. The summed E-state index contributed by atoms with van der Waals surface area (Å²) in [7, 11) is 0. The average molecular weight is 255 g/mol. The summed E-state index contributed by atoms with van der Waals surface area (Å²) in [6, 6.07) is 3.92. The normalized spacial score (nSPS) is 16.4. The Kier molecular flexibility index (Phi) is 4.71. The molecule has 0 amide bonds. The van der Waals surface area contributed by atoms with Crippen LogP contribution in [0.25, 0.3) is 0 Å². The van der Waals surface area contributed by atoms with Gasteiger partial charge in [-0.1, -0.05) is 13.8 Å². The zero-order valence-electron chi connectivity index (χ0n) is 11.4. The van der Waals surface area contributed by atoms with Crippen molar-refractivity contribution in [3.8, 4) is 5.75 Å². The molecule has 1 unspecified atom stereocenters. The van der Waals surface area contributed by atoms with Crippen LogP contribution in [-0.2, 0) is 0 Å². The number of aliphatic hydroxyl groups is 1. The highest BCUT2D eigenvalue weighted by molar-refractivity contribution is 5.36. The van der Waals surface area contributed by atoms with Crippen LogP contribution in [0.4, 0.5) is 4.39 Å². The lowest BCUT2D eigenvalue weighted by atomic mass is 9.94. The van der Waals surface area contributed by atoms with E-state index in [2.05, 4.69) is 0 Å². The predicted molar refractivity (Wildman–Crippen MR) is 70.0 cm³/mol. The minimum atomic E-state index is -0.927. The van der Waals surface area contributed by atoms with Gasteiger partial charge in [0.15, 0.2) is 0 Å². The summed E-state index contributed by atoms with van der Waals surface area (Å²) in [5.74, 6) is 0.245. The number of ether oxygens (including phenoxy) is 1. The molecule has 0 fully saturated rings. The molecule has 0 bridgehead atoms. The number of hydrogen-bond acceptors (Lipinski definition) is 3. The zero-order chi connectivity index (χ0) is 13.9. The molecule has 1 rings (SSSR count). The molecule has 0 aromatic heterocycles. The summed E-state index contributed by atoms with van der Waals surface area (Å²) in [6.07, 6.45) is 0. The Balaban J connectivity index is 2.85. The maximum absolute atomic E-state index is 13.1. The predicted octanol–water partition coefficient (Wildman–Crippen LogP) is 2.63. The Morgan fingerprint density at radius 2 is 2.00 bits per heavy atom. The van der Waals surface area contributed by atoms with Crippen LogP contribution in [0.1, 0.15) is 39.3 Å². The molecular formula is C14H22FNO2. The molecule has 0 aliphatic rings. The van der Waals surface area contributed by atoms with E-state index >= 15 is 0 Å². The van der Waals surface area contributed by atoms with E-state index in [4.69, 9.17) is 10.5 Å². The Hall–Kier alpha value is -1.13. The van der Waals surface area contributed by atoms with Gasteiger partial charge in [-0.15, -0.1) is 0 Å². The molecule has 3 nitrogen and oxygen atoms in total. The molecule has 4 heteroatoms. The summed E-state index contributed by atoms with van der Waals surface area (Å²) in [6.45, 7) is 7.46. The number of halogens is 1. The average Bonchev–Trinajstić information content (AvgIpc) is 2.27. The SMILES string of the molecule is CC(C)C(C)(O)COc1ccc(F)cc1[C@H](C)N. The summed E-state index contributed by atoms with van der Waals surface area (Å²) in [5.41, 5.74) is 5.45. The minimum Gasteiger partial charge on any atom is -0.490 e. The van der Waals surface area contributed by atoms with E-state index in [0.717, 1.165) is 0 Å². The van der Waals surface area contributed by atoms with Crippen molar-refractivity contribution in [2.45, 2.75) is 39.3 Å². The van der Waals surface area contributed by atoms with Crippen molar-refractivity contribution in [3.05, 3.63) is 29.6 Å². The molecule has 102 valence electrons. The maximum atomic E-state index is 13.1. The van der Waals surface area contributed by atoms with Crippen molar-refractivity contribution in [2.75, 3.05) is 6.61 Å². The molecule has 0 saturated carbocycles. The second-order valence-corrected chi connectivity index (χ2v) is 5.27. The number of benzene rings is 1. The van der Waals surface area contributed by atoms with Crippen LogP contribution in [0.15, 0.2) is 18.2 Å². The fraction of sp³-hybridized carbons (Fsp3) is 0.571. The Labute approximate surface area is 108 Å². The van der Waals surface area contributed by atoms with Gasteiger partial charge in [0.05, 0.1) is 5.60 Å². The third kappa shape index (κ3) is 3.68. The third-order valence-corrected chi connectivity index (χ3v) is 3.23. The van der Waals surface area contributed by atoms with Crippen LogP contribution < -0.4 is 10.5 Å². The first-order valence-electron chi connectivity index (χ1n) is 6.14. The molecule has 0 radical (unpaired) electrons. The van der Waals surface area contributed by atoms with Gasteiger partial charge in [-0.3, -0.25) is 0 Å². The van der Waals surface area contributed by atoms with Crippen LogP contribution in [0.2, 0.25) is 0 Å². The fourth-order valence-corrected chi connectivity index (χ4v) is 1.40. The van der Waals surface area contributed by atoms with Gasteiger partial charge >= 0.3 is 0 Å². The standard InChI is InChI=1S/C14H22FNO2/c1-9(2)14(4,17)8-18-13-6-5-11(15)7-12(13)10(3)16/h5-7,9-10,17H,8,16H2,1-4H3/t10-,14?/m0/s1. The summed E-state index contributed by atoms with van der Waals surface area (Å²) < 4.78 is 18.7. The molecule has 1 aromatic rings. The Bertz CT molecular complexity index is 403. The first kappa shape index (κ1) is 14.9. The van der Waals surface area contributed by atoms with Gasteiger partial charge in [-0.05, 0) is 38.0 Å². The lowest BCUT2D eigenvalue weighted by molar-refractivity contribution is -0.0269. The van der Waals surface area contributed by atoms with Crippen molar-refractivity contribution < 1.29 is 14.2 Å². The van der Waals surface area contributed by atoms with Crippen LogP contribution in [0.5, 0.6) is 5.75 Å². The van der Waals surface area contributed by atoms with Gasteiger partial charge in [0.1, 0.15) is 18.2 Å². The van der Waals surface area contributed by atoms with E-state index in [9.17, 15) is 9.50 Å². The monoisotopic (exact) mass is 255 g/mol. The molecule has 0 spiro atoms. The van der Waals surface area contributed by atoms with E-state index in [1.807, 2.05) is 13.8 Å². The first-order chi connectivity index (χ1) is 8.24. The quantitative estimate of drug-likeness (QED) is 0.850. The van der Waals surface area contributed by atoms with E-state index in [1.165, 1.54) is 12.1 Å². The molecule has 1 aromatic carbocycles. The van der Waals surface area contributed by atoms with Gasteiger partial charge < -0.3 is 15.6 Å². The van der Waals surface area contributed by atoms with Gasteiger partial charge in [-0.25, -0.2) is 4.39 Å². The van der Waals surface area contributed by atoms with Crippen LogP contribution >= 0.6 is 0 Å². The van der Waals surface area contributed by atoms with Crippen molar-refractivity contribution >= 4 is 0 Å². The molecule has 3 N–H and O–H groups in total. The van der Waals surface area contributed by atoms with E-state index in [-0.39, 0.29) is 24.4 Å². The van der Waals surface area contributed by atoms with Gasteiger partial charge in [0, 0.05) is 11.6 Å². The summed E-state index contributed by atoms with van der Waals surface area (Å²) in [5, 5.41) is 10.1. The molecule has 0 saturated heterocycles. The van der Waals surface area contributed by atoms with Crippen molar-refractivity contribution in [1.82, 2.24) is 0 Å². The largest absolute Gasteiger partial charge is 0.490 e. The zero-order valence-corrected chi connectivity index (χ0v) is 11.4. The maximum Gasteiger partial charge on any atom is 0.124 e. The lowest BCUT2D eigenvalue weighted by Crippen LogP contribution is -2.38. The molecule has 0 aliphatic carbocycles. The van der Waals surface area contributed by atoms with Crippen molar-refractivity contribution in [2.24, 2.45) is 11.7 Å². The second-order valence-electron chi connectivity index (χ2n) is 5.27. The Morgan fingerprint density at radius 1 is 1.39 bits per heavy atom. The lowest BCUT2D eigenvalue weighted by Gasteiger charge is -2.28. The smallest absolute Gasteiger partial charge is 0.124 e. The highest BCUT2D eigenvalue weighted by atomic mass is 19.1. The number of nitrogens with two attached hydrogens (primary N) is 1. The number of rotatable bonds is 5. The fourth-order valence-electron chi connectivity index (χ4n) is 1.40. The van der Waals surface area contributed by atoms with Crippen LogP contribution in [-0.4, -0.2) is 17.3 Å². The summed E-state index contributed by atoms with van der Waals surface area (Å²) in [4.78, 5) is 0. The molecule has 2 atom stereocenters. The van der Waals surface area contributed by atoms with Crippen LogP contribution in [0.3, 0.4) is 0 Å². The van der Waals surface area contributed by atoms with Gasteiger partial charge in [0.25, 0.3) is 0 Å². The minimum absolute atomic E-state index is 0.0664. The third-order valence-electron chi connectivity index (χ3n) is 3.23. The molecule has 0 aliphatic heterocycles. The summed E-state index contributed by atoms with van der Waals surface area (Å²) >= 11 is 0. The van der Waals surface area contributed by atoms with E-state index < -0.39 is 5.60 Å². The highest BCUT2D eigenvalue weighted by Crippen LogP contribution is 2.26. The molecule has 0 heterocycles. The van der Waals surface area contributed by atoms with E-state index in [0.29, 0.717) is 11.3 Å². The topological polar surface area (TPSA) is 55.5 Å². The molecular weight excluding hydrogens is 233 g/mol. The highest BCUT2D eigenvalue weighted by Gasteiger charge is 2.26. The van der Waals surface area contributed by atoms with Crippen molar-refractivity contribution in [3.63, 3.8) is 0 Å². The van der Waals surface area contributed by atoms with Crippen LogP contribution in [0, 0.1) is 11.7 Å². The van der Waals surface area contributed by atoms with Crippen molar-refractivity contribution in [1.29, 1.82) is 0 Å². The Morgan fingerprint density at radius 3 is 2.50 bits per heavy atom. The molecule has 18 heavy (non-hydrogen) atoms. The van der Waals surface area contributed by atoms with Gasteiger partial charge in [0.2, 0.25) is 0 Å². The number of hydrogen-bond donors (Lipinski definition) is 2. The van der Waals surface area contributed by atoms with Gasteiger partial charge in [-0.2, -0.15) is 0 Å². The van der Waals surface area contributed by atoms with E-state index in [1.54, 1.807) is 19.9 Å². The first-order valence-corrected chi connectivity index (χ1v) is 6.14.